The van der Waals surface area contributed by atoms with E-state index in [9.17, 15) is 9.18 Å². The van der Waals surface area contributed by atoms with Crippen LogP contribution in [0.15, 0.2) is 35.3 Å². The van der Waals surface area contributed by atoms with Gasteiger partial charge in [-0.3, -0.25) is 4.79 Å². The van der Waals surface area contributed by atoms with Gasteiger partial charge in [0.2, 0.25) is 0 Å². The molecule has 4 heteroatoms. The summed E-state index contributed by atoms with van der Waals surface area (Å²) in [5.74, 6) is -0.988. The molecule has 1 amide bonds. The molecule has 1 aromatic carbocycles. The van der Waals surface area contributed by atoms with Gasteiger partial charge >= 0.3 is 0 Å². The largest absolute Gasteiger partial charge is 0.348 e. The number of carbonyl (C=O) groups excluding carboxylic acids is 1. The second-order valence-electron chi connectivity index (χ2n) is 2.60. The quantitative estimate of drug-likeness (QED) is 0.829. The second kappa shape index (κ2) is 4.91. The van der Waals surface area contributed by atoms with Gasteiger partial charge in [0.15, 0.2) is 0 Å². The smallest absolute Gasteiger partial charge is 0.254 e. The van der Waals surface area contributed by atoms with Gasteiger partial charge in [0.1, 0.15) is 5.82 Å². The van der Waals surface area contributed by atoms with E-state index in [1.165, 1.54) is 12.1 Å². The van der Waals surface area contributed by atoms with Crippen LogP contribution in [0.2, 0.25) is 0 Å². The lowest BCUT2D eigenvalue weighted by Gasteiger charge is -2.04. The van der Waals surface area contributed by atoms with Crippen LogP contribution in [0, 0.1) is 5.82 Å². The first-order chi connectivity index (χ1) is 6.66. The zero-order valence-electron chi connectivity index (χ0n) is 7.39. The van der Waals surface area contributed by atoms with Crippen LogP contribution in [-0.4, -0.2) is 12.5 Å². The Kier molecular flexibility index (Phi) is 3.83. The average molecular weight is 258 g/mol. The minimum absolute atomic E-state index is 0.0289. The molecule has 0 bridgehead atoms. The number of amides is 1. The molecule has 0 spiro atoms. The first kappa shape index (κ1) is 10.9. The summed E-state index contributed by atoms with van der Waals surface area (Å²) >= 11 is 3.01. The highest BCUT2D eigenvalue weighted by Gasteiger charge is 2.12. The number of hydrogen-bond donors (Lipinski definition) is 1. The van der Waals surface area contributed by atoms with Gasteiger partial charge in [-0.1, -0.05) is 12.1 Å². The van der Waals surface area contributed by atoms with E-state index >= 15 is 0 Å². The van der Waals surface area contributed by atoms with Crippen molar-refractivity contribution in [3.05, 3.63) is 46.7 Å². The highest BCUT2D eigenvalue weighted by Crippen LogP contribution is 2.18. The molecule has 2 nitrogen and oxygen atoms in total. The van der Waals surface area contributed by atoms with E-state index in [1.807, 2.05) is 0 Å². The van der Waals surface area contributed by atoms with E-state index in [0.29, 0.717) is 6.54 Å². The van der Waals surface area contributed by atoms with Crippen LogP contribution in [-0.2, 0) is 0 Å². The molecule has 1 aromatic rings. The van der Waals surface area contributed by atoms with Crippen molar-refractivity contribution in [2.75, 3.05) is 6.54 Å². The summed E-state index contributed by atoms with van der Waals surface area (Å²) in [6.45, 7) is 3.77. The Morgan fingerprint density at radius 1 is 1.64 bits per heavy atom. The highest BCUT2D eigenvalue weighted by atomic mass is 79.9. The van der Waals surface area contributed by atoms with Crippen LogP contribution < -0.4 is 5.32 Å². The maximum Gasteiger partial charge on any atom is 0.254 e. The Hall–Kier alpha value is -1.16. The van der Waals surface area contributed by atoms with Gasteiger partial charge in [0, 0.05) is 6.54 Å². The zero-order valence-corrected chi connectivity index (χ0v) is 8.97. The molecule has 0 radical (unpaired) electrons. The van der Waals surface area contributed by atoms with Gasteiger partial charge < -0.3 is 5.32 Å². The third kappa shape index (κ3) is 2.42. The van der Waals surface area contributed by atoms with Crippen molar-refractivity contribution in [1.29, 1.82) is 0 Å². The summed E-state index contributed by atoms with van der Waals surface area (Å²) in [6, 6.07) is 4.58. The Labute approximate surface area is 89.9 Å². The van der Waals surface area contributed by atoms with Crippen molar-refractivity contribution < 1.29 is 9.18 Å². The molecule has 0 saturated carbocycles. The second-order valence-corrected chi connectivity index (χ2v) is 3.45. The van der Waals surface area contributed by atoms with Crippen molar-refractivity contribution in [2.45, 2.75) is 0 Å². The van der Waals surface area contributed by atoms with Crippen molar-refractivity contribution in [2.24, 2.45) is 0 Å². The maximum absolute atomic E-state index is 13.3. The monoisotopic (exact) mass is 257 g/mol. The van der Waals surface area contributed by atoms with Crippen molar-refractivity contribution in [3.63, 3.8) is 0 Å². The molecule has 0 saturated heterocycles. The first-order valence-electron chi connectivity index (χ1n) is 4.00. The van der Waals surface area contributed by atoms with Crippen LogP contribution in [0.1, 0.15) is 10.4 Å². The lowest BCUT2D eigenvalue weighted by molar-refractivity contribution is 0.0954. The number of carbonyl (C=O) groups is 1. The predicted octanol–water partition coefficient (Wildman–Crippen LogP) is 2.50. The highest BCUT2D eigenvalue weighted by molar-refractivity contribution is 9.10. The Balaban J connectivity index is 2.89. The molecule has 0 aliphatic heterocycles. The minimum Gasteiger partial charge on any atom is -0.348 e. The van der Waals surface area contributed by atoms with Gasteiger partial charge in [0.25, 0.3) is 5.91 Å². The molecule has 14 heavy (non-hydrogen) atoms. The zero-order chi connectivity index (χ0) is 10.6. The Bertz CT molecular complexity index is 365. The molecular weight excluding hydrogens is 249 g/mol. The summed E-state index contributed by atoms with van der Waals surface area (Å²) in [5.41, 5.74) is 0.0289. The predicted molar refractivity (Wildman–Crippen MR) is 56.6 cm³/mol. The van der Waals surface area contributed by atoms with Crippen molar-refractivity contribution in [1.82, 2.24) is 5.32 Å². The van der Waals surface area contributed by atoms with Crippen LogP contribution >= 0.6 is 15.9 Å². The van der Waals surface area contributed by atoms with Gasteiger partial charge in [-0.2, -0.15) is 0 Å². The summed E-state index contributed by atoms with van der Waals surface area (Å²) in [7, 11) is 0. The molecule has 1 N–H and O–H groups in total. The van der Waals surface area contributed by atoms with Crippen LogP contribution in [0.25, 0.3) is 0 Å². The van der Waals surface area contributed by atoms with Gasteiger partial charge in [-0.25, -0.2) is 4.39 Å². The Morgan fingerprint density at radius 2 is 2.36 bits per heavy atom. The fourth-order valence-corrected chi connectivity index (χ4v) is 1.31. The summed E-state index contributed by atoms with van der Waals surface area (Å²) in [4.78, 5) is 11.4. The van der Waals surface area contributed by atoms with Crippen molar-refractivity contribution in [3.8, 4) is 0 Å². The summed E-state index contributed by atoms with van der Waals surface area (Å²) in [6.07, 6.45) is 1.54. The maximum atomic E-state index is 13.3. The molecule has 0 heterocycles. The third-order valence-electron chi connectivity index (χ3n) is 1.60. The van der Waals surface area contributed by atoms with E-state index < -0.39 is 11.7 Å². The fourth-order valence-electron chi connectivity index (χ4n) is 0.939. The van der Waals surface area contributed by atoms with Crippen molar-refractivity contribution >= 4 is 21.8 Å². The first-order valence-corrected chi connectivity index (χ1v) is 4.79. The Morgan fingerprint density at radius 3 is 3.00 bits per heavy atom. The number of rotatable bonds is 3. The molecule has 0 unspecified atom stereocenters. The lowest BCUT2D eigenvalue weighted by Crippen LogP contribution is -2.24. The summed E-state index contributed by atoms with van der Waals surface area (Å²) in [5, 5.41) is 2.50. The minimum atomic E-state index is -0.547. The molecule has 0 fully saturated rings. The number of benzene rings is 1. The number of halogens is 2. The van der Waals surface area contributed by atoms with E-state index in [-0.39, 0.29) is 10.0 Å². The molecule has 1 rings (SSSR count). The fraction of sp³-hybridized carbons (Fsp3) is 0.100. The van der Waals surface area contributed by atoms with E-state index in [4.69, 9.17) is 0 Å². The summed E-state index contributed by atoms with van der Waals surface area (Å²) < 4.78 is 13.6. The van der Waals surface area contributed by atoms with E-state index in [2.05, 4.69) is 27.8 Å². The SMILES string of the molecule is C=CCNC(=O)c1cccc(Br)c1F. The van der Waals surface area contributed by atoms with Crippen LogP contribution in [0.5, 0.6) is 0 Å². The van der Waals surface area contributed by atoms with E-state index in [0.717, 1.165) is 0 Å². The molecular formula is C10H9BrFNO. The number of nitrogens with one attached hydrogen (secondary N) is 1. The lowest BCUT2D eigenvalue weighted by atomic mass is 10.2. The molecule has 0 aliphatic carbocycles. The molecule has 0 atom stereocenters. The van der Waals surface area contributed by atoms with Gasteiger partial charge in [-0.05, 0) is 28.1 Å². The normalized spacial score (nSPS) is 9.57. The molecule has 74 valence electrons. The molecule has 0 aliphatic rings. The molecule has 0 aromatic heterocycles. The standard InChI is InChI=1S/C10H9BrFNO/c1-2-6-13-10(14)7-4-3-5-8(11)9(7)12/h2-5H,1,6H2,(H,13,14). The van der Waals surface area contributed by atoms with Crippen LogP contribution in [0.4, 0.5) is 4.39 Å². The van der Waals surface area contributed by atoms with Gasteiger partial charge in [0.05, 0.1) is 10.0 Å². The van der Waals surface area contributed by atoms with Crippen LogP contribution in [0.3, 0.4) is 0 Å². The van der Waals surface area contributed by atoms with E-state index in [1.54, 1.807) is 12.1 Å². The number of hydrogen-bond acceptors (Lipinski definition) is 1. The topological polar surface area (TPSA) is 29.1 Å². The van der Waals surface area contributed by atoms with Gasteiger partial charge in [-0.15, -0.1) is 6.58 Å². The average Bonchev–Trinajstić information content (AvgIpc) is 2.18. The third-order valence-corrected chi connectivity index (χ3v) is 2.22.